The van der Waals surface area contributed by atoms with Gasteiger partial charge in [0.05, 0.1) is 6.54 Å². The summed E-state index contributed by atoms with van der Waals surface area (Å²) >= 11 is 5.11. The maximum absolute atomic E-state index is 11.9. The van der Waals surface area contributed by atoms with Gasteiger partial charge in [0, 0.05) is 12.5 Å². The molecule has 2 N–H and O–H groups in total. The van der Waals surface area contributed by atoms with Crippen molar-refractivity contribution in [2.45, 2.75) is 39.3 Å². The van der Waals surface area contributed by atoms with Crippen LogP contribution in [-0.4, -0.2) is 20.7 Å². The Morgan fingerprint density at radius 3 is 3.06 bits per heavy atom. The Morgan fingerprint density at radius 1 is 1.61 bits per heavy atom. The third-order valence-electron chi connectivity index (χ3n) is 3.98. The maximum Gasteiger partial charge on any atom is 0.223 e. The quantitative estimate of drug-likeness (QED) is 0.796. The number of rotatable bonds is 5. The van der Waals surface area contributed by atoms with Crippen LogP contribution in [0.2, 0.25) is 0 Å². The molecule has 18 heavy (non-hydrogen) atoms. The van der Waals surface area contributed by atoms with E-state index in [9.17, 15) is 4.79 Å². The molecule has 1 aromatic heterocycles. The Bertz CT molecular complexity index is 516. The lowest BCUT2D eigenvalue weighted by Gasteiger charge is -2.05. The van der Waals surface area contributed by atoms with Gasteiger partial charge in [-0.25, -0.2) is 0 Å². The number of carbonyl (C=O) groups is 1. The second kappa shape index (κ2) is 4.50. The molecule has 0 radical (unpaired) electrons. The molecule has 2 aliphatic carbocycles. The standard InChI is InChI=1S/C12H18N4OS/c1-2-16-10(14-15-12(16)18)6-13-11(17)9-5-8(9)7-3-4-7/h7-9H,2-6H2,1H3,(H,13,17)(H,15,18)/t8-,9+/m0/s1. The van der Waals surface area contributed by atoms with Crippen molar-refractivity contribution in [3.05, 3.63) is 10.6 Å². The molecule has 98 valence electrons. The van der Waals surface area contributed by atoms with Gasteiger partial charge in [0.25, 0.3) is 0 Å². The fourth-order valence-corrected chi connectivity index (χ4v) is 2.95. The van der Waals surface area contributed by atoms with Crippen LogP contribution in [0.25, 0.3) is 0 Å². The normalized spacial score (nSPS) is 26.1. The third kappa shape index (κ3) is 2.21. The van der Waals surface area contributed by atoms with Crippen LogP contribution in [0.3, 0.4) is 0 Å². The Morgan fingerprint density at radius 2 is 2.39 bits per heavy atom. The molecule has 2 saturated carbocycles. The van der Waals surface area contributed by atoms with E-state index in [1.807, 2.05) is 11.5 Å². The van der Waals surface area contributed by atoms with Crippen LogP contribution < -0.4 is 5.32 Å². The van der Waals surface area contributed by atoms with Crippen LogP contribution in [0, 0.1) is 22.5 Å². The van der Waals surface area contributed by atoms with Gasteiger partial charge in [-0.2, -0.15) is 5.10 Å². The van der Waals surface area contributed by atoms with Crippen molar-refractivity contribution < 1.29 is 4.79 Å². The van der Waals surface area contributed by atoms with Crippen molar-refractivity contribution in [3.63, 3.8) is 0 Å². The Kier molecular flexibility index (Phi) is 2.97. The van der Waals surface area contributed by atoms with E-state index in [0.29, 0.717) is 17.2 Å². The highest BCUT2D eigenvalue weighted by molar-refractivity contribution is 7.71. The summed E-state index contributed by atoms with van der Waals surface area (Å²) in [6.07, 6.45) is 3.73. The molecule has 3 rings (SSSR count). The SMILES string of the molecule is CCn1c(CNC(=O)[C@@H]2C[C@H]2C2CC2)n[nH]c1=S. The van der Waals surface area contributed by atoms with Gasteiger partial charge in [0.15, 0.2) is 10.6 Å². The van der Waals surface area contributed by atoms with E-state index in [2.05, 4.69) is 15.5 Å². The molecule has 1 amide bonds. The number of nitrogens with zero attached hydrogens (tertiary/aromatic N) is 2. The molecule has 0 aromatic carbocycles. The summed E-state index contributed by atoms with van der Waals surface area (Å²) in [5.74, 6) is 2.75. The molecule has 1 heterocycles. The van der Waals surface area contributed by atoms with Crippen LogP contribution in [0.15, 0.2) is 0 Å². The zero-order valence-electron chi connectivity index (χ0n) is 10.5. The molecule has 0 unspecified atom stereocenters. The molecule has 0 spiro atoms. The average molecular weight is 266 g/mol. The summed E-state index contributed by atoms with van der Waals surface area (Å²) in [7, 11) is 0. The Balaban J connectivity index is 1.54. The number of aromatic amines is 1. The average Bonchev–Trinajstić information content (AvgIpc) is 3.23. The topological polar surface area (TPSA) is 62.7 Å². The first-order chi connectivity index (χ1) is 8.70. The predicted octanol–water partition coefficient (Wildman–Crippen LogP) is 1.62. The number of aromatic nitrogens is 3. The van der Waals surface area contributed by atoms with Crippen molar-refractivity contribution in [1.82, 2.24) is 20.1 Å². The number of carbonyl (C=O) groups excluding carboxylic acids is 1. The summed E-state index contributed by atoms with van der Waals surface area (Å²) < 4.78 is 2.52. The van der Waals surface area contributed by atoms with Gasteiger partial charge in [-0.1, -0.05) is 0 Å². The Hall–Kier alpha value is -1.17. The van der Waals surface area contributed by atoms with E-state index >= 15 is 0 Å². The van der Waals surface area contributed by atoms with E-state index in [-0.39, 0.29) is 11.8 Å². The number of H-pyrrole nitrogens is 1. The molecule has 2 fully saturated rings. The molecular weight excluding hydrogens is 248 g/mol. The van der Waals surface area contributed by atoms with E-state index in [1.165, 1.54) is 12.8 Å². The van der Waals surface area contributed by atoms with E-state index in [1.54, 1.807) is 0 Å². The van der Waals surface area contributed by atoms with Crippen LogP contribution >= 0.6 is 12.2 Å². The maximum atomic E-state index is 11.9. The summed E-state index contributed by atoms with van der Waals surface area (Å²) in [6, 6.07) is 0. The molecule has 2 atom stereocenters. The summed E-state index contributed by atoms with van der Waals surface area (Å²) in [5.41, 5.74) is 0. The van der Waals surface area contributed by atoms with Crippen molar-refractivity contribution >= 4 is 18.1 Å². The molecular formula is C12H18N4OS. The van der Waals surface area contributed by atoms with E-state index < -0.39 is 0 Å². The Labute approximate surface area is 111 Å². The summed E-state index contributed by atoms with van der Waals surface area (Å²) in [6.45, 7) is 3.25. The predicted molar refractivity (Wildman–Crippen MR) is 69.3 cm³/mol. The molecule has 0 saturated heterocycles. The number of hydrogen-bond acceptors (Lipinski definition) is 3. The van der Waals surface area contributed by atoms with Gasteiger partial charge in [0.1, 0.15) is 0 Å². The van der Waals surface area contributed by atoms with Gasteiger partial charge in [-0.3, -0.25) is 9.89 Å². The highest BCUT2D eigenvalue weighted by Gasteiger charge is 2.50. The number of hydrogen-bond donors (Lipinski definition) is 2. The first-order valence-corrected chi connectivity index (χ1v) is 7.03. The molecule has 5 nitrogen and oxygen atoms in total. The minimum absolute atomic E-state index is 0.184. The largest absolute Gasteiger partial charge is 0.349 e. The van der Waals surface area contributed by atoms with E-state index in [4.69, 9.17) is 12.2 Å². The molecule has 0 aliphatic heterocycles. The highest BCUT2D eigenvalue weighted by Crippen LogP contribution is 2.54. The highest BCUT2D eigenvalue weighted by atomic mass is 32.1. The lowest BCUT2D eigenvalue weighted by Crippen LogP contribution is -2.26. The van der Waals surface area contributed by atoms with Crippen molar-refractivity contribution in [2.75, 3.05) is 0 Å². The third-order valence-corrected chi connectivity index (χ3v) is 4.29. The fraction of sp³-hybridized carbons (Fsp3) is 0.750. The molecule has 2 aliphatic rings. The zero-order valence-corrected chi connectivity index (χ0v) is 11.3. The van der Waals surface area contributed by atoms with Crippen molar-refractivity contribution in [1.29, 1.82) is 0 Å². The van der Waals surface area contributed by atoms with Crippen molar-refractivity contribution in [2.24, 2.45) is 17.8 Å². The van der Waals surface area contributed by atoms with Gasteiger partial charge >= 0.3 is 0 Å². The lowest BCUT2D eigenvalue weighted by molar-refractivity contribution is -0.122. The first kappa shape index (κ1) is 11.9. The number of nitrogens with one attached hydrogen (secondary N) is 2. The van der Waals surface area contributed by atoms with Gasteiger partial charge in [0.2, 0.25) is 5.91 Å². The van der Waals surface area contributed by atoms with Crippen LogP contribution in [0.5, 0.6) is 0 Å². The van der Waals surface area contributed by atoms with Crippen LogP contribution in [0.4, 0.5) is 0 Å². The lowest BCUT2D eigenvalue weighted by atomic mass is 10.2. The second-order valence-electron chi connectivity index (χ2n) is 5.25. The monoisotopic (exact) mass is 266 g/mol. The zero-order chi connectivity index (χ0) is 12.7. The minimum atomic E-state index is 0.184. The molecule has 6 heteroatoms. The molecule has 1 aromatic rings. The first-order valence-electron chi connectivity index (χ1n) is 6.62. The fourth-order valence-electron chi connectivity index (χ4n) is 2.67. The van der Waals surface area contributed by atoms with Gasteiger partial charge < -0.3 is 9.88 Å². The summed E-state index contributed by atoms with van der Waals surface area (Å²) in [5, 5.41) is 9.87. The molecule has 0 bridgehead atoms. The second-order valence-corrected chi connectivity index (χ2v) is 5.64. The van der Waals surface area contributed by atoms with Crippen LogP contribution in [-0.2, 0) is 17.9 Å². The number of amides is 1. The van der Waals surface area contributed by atoms with Gasteiger partial charge in [-0.05, 0) is 50.2 Å². The van der Waals surface area contributed by atoms with Crippen molar-refractivity contribution in [3.8, 4) is 0 Å². The smallest absolute Gasteiger partial charge is 0.223 e. The summed E-state index contributed by atoms with van der Waals surface area (Å²) in [4.78, 5) is 11.9. The van der Waals surface area contributed by atoms with Gasteiger partial charge in [-0.15, -0.1) is 0 Å². The van der Waals surface area contributed by atoms with Crippen LogP contribution in [0.1, 0.15) is 32.0 Å². The minimum Gasteiger partial charge on any atom is -0.349 e. The van der Waals surface area contributed by atoms with E-state index in [0.717, 1.165) is 24.7 Å².